The van der Waals surface area contributed by atoms with Crippen LogP contribution in [0.25, 0.3) is 0 Å². The molecular weight excluding hydrogens is 248 g/mol. The number of nitrogens with two attached hydrogens (primary N) is 1. The number of halogens is 1. The molecule has 94 valence electrons. The van der Waals surface area contributed by atoms with Gasteiger partial charge < -0.3 is 15.8 Å². The topological polar surface area (TPSA) is 47.3 Å². The first-order valence-electron chi connectivity index (χ1n) is 5.61. The SMILES string of the molecule is COc1ccc(Cl)cc1CNc1ccccc1N. The van der Waals surface area contributed by atoms with Gasteiger partial charge in [-0.2, -0.15) is 0 Å². The Hall–Kier alpha value is -1.87. The fraction of sp³-hybridized carbons (Fsp3) is 0.143. The van der Waals surface area contributed by atoms with E-state index in [9.17, 15) is 0 Å². The van der Waals surface area contributed by atoms with Gasteiger partial charge >= 0.3 is 0 Å². The van der Waals surface area contributed by atoms with Crippen LogP contribution >= 0.6 is 11.6 Å². The fourth-order valence-electron chi connectivity index (χ4n) is 1.73. The van der Waals surface area contributed by atoms with Crippen molar-refractivity contribution < 1.29 is 4.74 Å². The molecule has 0 aliphatic heterocycles. The highest BCUT2D eigenvalue weighted by molar-refractivity contribution is 6.30. The molecule has 3 nitrogen and oxygen atoms in total. The molecule has 0 saturated heterocycles. The van der Waals surface area contributed by atoms with E-state index in [0.29, 0.717) is 11.6 Å². The molecule has 0 atom stereocenters. The molecule has 2 aromatic carbocycles. The fourth-order valence-corrected chi connectivity index (χ4v) is 1.93. The molecule has 0 saturated carbocycles. The minimum absolute atomic E-state index is 0.609. The molecule has 0 unspecified atom stereocenters. The maximum Gasteiger partial charge on any atom is 0.123 e. The van der Waals surface area contributed by atoms with Crippen LogP contribution in [-0.2, 0) is 6.54 Å². The van der Waals surface area contributed by atoms with Crippen LogP contribution in [0.3, 0.4) is 0 Å². The van der Waals surface area contributed by atoms with Crippen LogP contribution in [0.4, 0.5) is 11.4 Å². The van der Waals surface area contributed by atoms with Crippen molar-refractivity contribution in [1.29, 1.82) is 0 Å². The van der Waals surface area contributed by atoms with Crippen molar-refractivity contribution in [2.75, 3.05) is 18.2 Å². The van der Waals surface area contributed by atoms with Crippen molar-refractivity contribution in [2.45, 2.75) is 6.54 Å². The summed E-state index contributed by atoms with van der Waals surface area (Å²) in [7, 11) is 1.64. The lowest BCUT2D eigenvalue weighted by atomic mass is 10.2. The molecule has 3 N–H and O–H groups in total. The van der Waals surface area contributed by atoms with Crippen LogP contribution in [-0.4, -0.2) is 7.11 Å². The third kappa shape index (κ3) is 2.87. The highest BCUT2D eigenvalue weighted by atomic mass is 35.5. The van der Waals surface area contributed by atoms with Crippen LogP contribution in [0.2, 0.25) is 5.02 Å². The van der Waals surface area contributed by atoms with Gasteiger partial charge in [0.1, 0.15) is 5.75 Å². The molecule has 0 aromatic heterocycles. The van der Waals surface area contributed by atoms with Gasteiger partial charge in [-0.25, -0.2) is 0 Å². The second-order valence-electron chi connectivity index (χ2n) is 3.90. The van der Waals surface area contributed by atoms with E-state index in [4.69, 9.17) is 22.1 Å². The number of nitrogens with one attached hydrogen (secondary N) is 1. The van der Waals surface area contributed by atoms with Crippen molar-refractivity contribution in [3.05, 3.63) is 53.1 Å². The van der Waals surface area contributed by atoms with Gasteiger partial charge in [-0.3, -0.25) is 0 Å². The number of benzene rings is 2. The molecule has 0 radical (unpaired) electrons. The van der Waals surface area contributed by atoms with E-state index in [1.807, 2.05) is 36.4 Å². The summed E-state index contributed by atoms with van der Waals surface area (Å²) >= 11 is 5.98. The molecule has 0 spiro atoms. The minimum Gasteiger partial charge on any atom is -0.496 e. The Morgan fingerprint density at radius 1 is 1.22 bits per heavy atom. The summed E-state index contributed by atoms with van der Waals surface area (Å²) in [6.45, 7) is 0.609. The summed E-state index contributed by atoms with van der Waals surface area (Å²) in [6.07, 6.45) is 0. The van der Waals surface area contributed by atoms with Crippen LogP contribution in [0.5, 0.6) is 5.75 Å². The van der Waals surface area contributed by atoms with E-state index in [2.05, 4.69) is 5.32 Å². The summed E-state index contributed by atoms with van der Waals surface area (Å²) in [5.74, 6) is 0.807. The quantitative estimate of drug-likeness (QED) is 0.829. The van der Waals surface area contributed by atoms with Gasteiger partial charge in [0.25, 0.3) is 0 Å². The van der Waals surface area contributed by atoms with Crippen molar-refractivity contribution >= 4 is 23.0 Å². The number of para-hydroxylation sites is 2. The minimum atomic E-state index is 0.609. The van der Waals surface area contributed by atoms with E-state index in [-0.39, 0.29) is 0 Å². The van der Waals surface area contributed by atoms with Gasteiger partial charge in [-0.05, 0) is 30.3 Å². The molecule has 0 aliphatic rings. The normalized spacial score (nSPS) is 10.1. The van der Waals surface area contributed by atoms with Crippen LogP contribution in [0.1, 0.15) is 5.56 Å². The number of ether oxygens (including phenoxy) is 1. The van der Waals surface area contributed by atoms with Gasteiger partial charge in [-0.1, -0.05) is 23.7 Å². The Labute approximate surface area is 112 Å². The second-order valence-corrected chi connectivity index (χ2v) is 4.33. The number of methoxy groups -OCH3 is 1. The van der Waals surface area contributed by atoms with E-state index >= 15 is 0 Å². The number of hydrogen-bond donors (Lipinski definition) is 2. The highest BCUT2D eigenvalue weighted by Gasteiger charge is 2.04. The molecule has 0 heterocycles. The molecule has 2 rings (SSSR count). The second kappa shape index (κ2) is 5.65. The van der Waals surface area contributed by atoms with Crippen LogP contribution in [0.15, 0.2) is 42.5 Å². The Kier molecular flexibility index (Phi) is 3.95. The Morgan fingerprint density at radius 3 is 2.72 bits per heavy atom. The molecule has 0 aliphatic carbocycles. The van der Waals surface area contributed by atoms with Gasteiger partial charge in [0.2, 0.25) is 0 Å². The van der Waals surface area contributed by atoms with Gasteiger partial charge in [0, 0.05) is 17.1 Å². The van der Waals surface area contributed by atoms with Crippen LogP contribution in [0, 0.1) is 0 Å². The number of hydrogen-bond acceptors (Lipinski definition) is 3. The highest BCUT2D eigenvalue weighted by Crippen LogP contribution is 2.24. The van der Waals surface area contributed by atoms with Gasteiger partial charge in [-0.15, -0.1) is 0 Å². The first kappa shape index (κ1) is 12.6. The van der Waals surface area contributed by atoms with Crippen molar-refractivity contribution in [1.82, 2.24) is 0 Å². The lowest BCUT2D eigenvalue weighted by Gasteiger charge is -2.12. The average molecular weight is 263 g/mol. The van der Waals surface area contributed by atoms with Crippen molar-refractivity contribution in [3.63, 3.8) is 0 Å². The molecule has 0 fully saturated rings. The summed E-state index contributed by atoms with van der Waals surface area (Å²) in [4.78, 5) is 0. The smallest absolute Gasteiger partial charge is 0.123 e. The Morgan fingerprint density at radius 2 is 2.00 bits per heavy atom. The maximum absolute atomic E-state index is 5.98. The molecule has 2 aromatic rings. The zero-order chi connectivity index (χ0) is 13.0. The third-order valence-corrected chi connectivity index (χ3v) is 2.91. The van der Waals surface area contributed by atoms with Gasteiger partial charge in [0.15, 0.2) is 0 Å². The first-order chi connectivity index (χ1) is 8.70. The van der Waals surface area contributed by atoms with Crippen molar-refractivity contribution in [2.24, 2.45) is 0 Å². The van der Waals surface area contributed by atoms with E-state index < -0.39 is 0 Å². The standard InChI is InChI=1S/C14H15ClN2O/c1-18-14-7-6-11(15)8-10(14)9-17-13-5-3-2-4-12(13)16/h2-8,17H,9,16H2,1H3. The molecule has 0 bridgehead atoms. The molecule has 4 heteroatoms. The zero-order valence-corrected chi connectivity index (χ0v) is 10.9. The maximum atomic E-state index is 5.98. The van der Waals surface area contributed by atoms with Crippen molar-refractivity contribution in [3.8, 4) is 5.75 Å². The zero-order valence-electron chi connectivity index (χ0n) is 10.1. The van der Waals surface area contributed by atoms with E-state index in [1.54, 1.807) is 13.2 Å². The predicted octanol–water partition coefficient (Wildman–Crippen LogP) is 3.54. The van der Waals surface area contributed by atoms with E-state index in [0.717, 1.165) is 22.7 Å². The first-order valence-corrected chi connectivity index (χ1v) is 5.99. The third-order valence-electron chi connectivity index (χ3n) is 2.67. The summed E-state index contributed by atoms with van der Waals surface area (Å²) < 4.78 is 5.29. The summed E-state index contributed by atoms with van der Waals surface area (Å²) in [5, 5.41) is 3.96. The summed E-state index contributed by atoms with van der Waals surface area (Å²) in [5.41, 5.74) is 8.48. The average Bonchev–Trinajstić information content (AvgIpc) is 2.38. The van der Waals surface area contributed by atoms with E-state index in [1.165, 1.54) is 0 Å². The Bertz CT molecular complexity index is 543. The lowest BCUT2D eigenvalue weighted by molar-refractivity contribution is 0.410. The molecular formula is C14H15ClN2O. The number of nitrogen functional groups attached to an aromatic ring is 1. The van der Waals surface area contributed by atoms with Gasteiger partial charge in [0.05, 0.1) is 18.5 Å². The molecule has 0 amide bonds. The monoisotopic (exact) mass is 262 g/mol. The lowest BCUT2D eigenvalue weighted by Crippen LogP contribution is -2.03. The summed E-state index contributed by atoms with van der Waals surface area (Å²) in [6, 6.07) is 13.2. The Balaban J connectivity index is 2.15. The number of rotatable bonds is 4. The number of anilines is 2. The molecule has 18 heavy (non-hydrogen) atoms. The van der Waals surface area contributed by atoms with Crippen LogP contribution < -0.4 is 15.8 Å². The largest absolute Gasteiger partial charge is 0.496 e. The predicted molar refractivity (Wildman–Crippen MR) is 76.2 cm³/mol.